The predicted octanol–water partition coefficient (Wildman–Crippen LogP) is 1.73. The Kier molecular flexibility index (Phi) is 2.86. The number of pyridine rings is 1. The lowest BCUT2D eigenvalue weighted by molar-refractivity contribution is 0.330. The van der Waals surface area contributed by atoms with E-state index in [-0.39, 0.29) is 0 Å². The summed E-state index contributed by atoms with van der Waals surface area (Å²) in [6, 6.07) is 4.16. The predicted molar refractivity (Wildman–Crippen MR) is 58.3 cm³/mol. The van der Waals surface area contributed by atoms with Crippen LogP contribution >= 0.6 is 0 Å². The quantitative estimate of drug-likeness (QED) is 0.752. The van der Waals surface area contributed by atoms with E-state index >= 15 is 0 Å². The maximum Gasteiger partial charge on any atom is 0.212 e. The van der Waals surface area contributed by atoms with Gasteiger partial charge in [0.25, 0.3) is 0 Å². The molecule has 2 unspecified atom stereocenters. The molecule has 2 rings (SSSR count). The first-order valence-electron chi connectivity index (χ1n) is 5.23. The molecule has 15 heavy (non-hydrogen) atoms. The number of halogens is 1. The van der Waals surface area contributed by atoms with Gasteiger partial charge in [0.1, 0.15) is 0 Å². The average Bonchev–Trinajstić information content (AvgIpc) is 2.50. The van der Waals surface area contributed by atoms with Crippen LogP contribution in [-0.2, 0) is 0 Å². The largest absolute Gasteiger partial charge is 0.380 e. The van der Waals surface area contributed by atoms with E-state index in [1.807, 2.05) is 0 Å². The number of hydrogen-bond donors (Lipinski definition) is 1. The lowest BCUT2D eigenvalue weighted by Crippen LogP contribution is -2.24. The molecule has 1 aliphatic heterocycles. The Balaban J connectivity index is 1.95. The van der Waals surface area contributed by atoms with Gasteiger partial charge in [0.15, 0.2) is 0 Å². The molecule has 1 aromatic heterocycles. The van der Waals surface area contributed by atoms with Crippen molar-refractivity contribution in [2.75, 3.05) is 18.9 Å². The topological polar surface area (TPSA) is 28.2 Å². The van der Waals surface area contributed by atoms with Crippen LogP contribution in [0.5, 0.6) is 0 Å². The number of rotatable bonds is 2. The summed E-state index contributed by atoms with van der Waals surface area (Å²) >= 11 is 0. The third kappa shape index (κ3) is 2.45. The molecule has 0 radical (unpaired) electrons. The number of anilines is 1. The normalized spacial score (nSPS) is 26.9. The molecule has 1 aliphatic rings. The zero-order valence-electron chi connectivity index (χ0n) is 9.07. The summed E-state index contributed by atoms with van der Waals surface area (Å²) in [5.41, 5.74) is 0.893. The van der Waals surface area contributed by atoms with Gasteiger partial charge in [0.05, 0.1) is 11.9 Å². The van der Waals surface area contributed by atoms with Gasteiger partial charge in [0.2, 0.25) is 5.95 Å². The maximum absolute atomic E-state index is 12.6. The van der Waals surface area contributed by atoms with Crippen molar-refractivity contribution >= 4 is 5.69 Å². The van der Waals surface area contributed by atoms with Gasteiger partial charge < -0.3 is 10.2 Å². The fraction of sp³-hybridized carbons (Fsp3) is 0.545. The van der Waals surface area contributed by atoms with Crippen LogP contribution in [0.2, 0.25) is 0 Å². The maximum atomic E-state index is 12.6. The molecule has 0 aliphatic carbocycles. The Hall–Kier alpha value is -1.16. The van der Waals surface area contributed by atoms with E-state index in [0.29, 0.717) is 12.1 Å². The Morgan fingerprint density at radius 3 is 2.87 bits per heavy atom. The number of hydrogen-bond acceptors (Lipinski definition) is 3. The van der Waals surface area contributed by atoms with Gasteiger partial charge in [-0.2, -0.15) is 4.39 Å². The summed E-state index contributed by atoms with van der Waals surface area (Å²) < 4.78 is 12.6. The summed E-state index contributed by atoms with van der Waals surface area (Å²) in [6.45, 7) is 3.24. The number of nitrogens with zero attached hydrogens (tertiary/aromatic N) is 2. The molecule has 0 aromatic carbocycles. The molecule has 1 N–H and O–H groups in total. The molecule has 1 aromatic rings. The van der Waals surface area contributed by atoms with Crippen LogP contribution in [0.15, 0.2) is 18.3 Å². The third-order valence-electron chi connectivity index (χ3n) is 2.98. The van der Waals surface area contributed by atoms with E-state index in [9.17, 15) is 4.39 Å². The van der Waals surface area contributed by atoms with Gasteiger partial charge >= 0.3 is 0 Å². The van der Waals surface area contributed by atoms with E-state index in [0.717, 1.165) is 18.7 Å². The number of aromatic nitrogens is 1. The van der Waals surface area contributed by atoms with Crippen LogP contribution in [0.4, 0.5) is 10.1 Å². The second-order valence-corrected chi connectivity index (χ2v) is 4.24. The standard InChI is InChI=1S/C11H16FN3/c1-8-5-10(7-15(8)2)14-9-3-4-11(12)13-6-9/h3-4,6,8,10,14H,5,7H2,1-2H3. The molecule has 1 saturated heterocycles. The molecule has 0 amide bonds. The Morgan fingerprint density at radius 1 is 1.53 bits per heavy atom. The van der Waals surface area contributed by atoms with Crippen molar-refractivity contribution in [1.29, 1.82) is 0 Å². The molecule has 0 saturated carbocycles. The SMILES string of the molecule is CC1CC(Nc2ccc(F)nc2)CN1C. The van der Waals surface area contributed by atoms with Crippen LogP contribution in [0.25, 0.3) is 0 Å². The minimum Gasteiger partial charge on any atom is -0.380 e. The Labute approximate surface area is 89.3 Å². The molecule has 3 nitrogen and oxygen atoms in total. The lowest BCUT2D eigenvalue weighted by Gasteiger charge is -2.13. The molecule has 0 bridgehead atoms. The van der Waals surface area contributed by atoms with Crippen LogP contribution in [-0.4, -0.2) is 35.6 Å². The molecule has 82 valence electrons. The average molecular weight is 209 g/mol. The first-order valence-corrected chi connectivity index (χ1v) is 5.23. The first kappa shape index (κ1) is 10.4. The minimum absolute atomic E-state index is 0.433. The van der Waals surface area contributed by atoms with Gasteiger partial charge in [-0.25, -0.2) is 4.98 Å². The van der Waals surface area contributed by atoms with Crippen molar-refractivity contribution in [2.45, 2.75) is 25.4 Å². The highest BCUT2D eigenvalue weighted by Crippen LogP contribution is 2.18. The molecular formula is C11H16FN3. The van der Waals surface area contributed by atoms with Gasteiger partial charge in [-0.3, -0.25) is 0 Å². The summed E-state index contributed by atoms with van der Waals surface area (Å²) in [4.78, 5) is 5.93. The molecule has 2 heterocycles. The van der Waals surface area contributed by atoms with E-state index in [1.54, 1.807) is 12.3 Å². The smallest absolute Gasteiger partial charge is 0.212 e. The monoisotopic (exact) mass is 209 g/mol. The number of likely N-dealkylation sites (N-methyl/N-ethyl adjacent to an activating group) is 1. The second-order valence-electron chi connectivity index (χ2n) is 4.24. The summed E-state index contributed by atoms with van der Waals surface area (Å²) in [6.07, 6.45) is 2.66. The number of nitrogens with one attached hydrogen (secondary N) is 1. The fourth-order valence-electron chi connectivity index (χ4n) is 2.00. The van der Waals surface area contributed by atoms with Gasteiger partial charge in [-0.15, -0.1) is 0 Å². The van der Waals surface area contributed by atoms with E-state index in [1.165, 1.54) is 6.07 Å². The summed E-state index contributed by atoms with van der Waals surface area (Å²) in [5.74, 6) is -0.433. The Bertz CT molecular complexity index is 315. The van der Waals surface area contributed by atoms with Crippen LogP contribution in [0.1, 0.15) is 13.3 Å². The molecular weight excluding hydrogens is 193 g/mol. The van der Waals surface area contributed by atoms with Gasteiger partial charge in [-0.05, 0) is 32.5 Å². The van der Waals surface area contributed by atoms with E-state index in [4.69, 9.17) is 0 Å². The van der Waals surface area contributed by atoms with Crippen molar-refractivity contribution in [3.63, 3.8) is 0 Å². The van der Waals surface area contributed by atoms with Crippen molar-refractivity contribution in [3.8, 4) is 0 Å². The zero-order valence-corrected chi connectivity index (χ0v) is 9.07. The van der Waals surface area contributed by atoms with E-state index < -0.39 is 5.95 Å². The minimum atomic E-state index is -0.433. The van der Waals surface area contributed by atoms with E-state index in [2.05, 4.69) is 29.2 Å². The summed E-state index contributed by atoms with van der Waals surface area (Å²) in [7, 11) is 2.12. The first-order chi connectivity index (χ1) is 7.15. The fourth-order valence-corrected chi connectivity index (χ4v) is 2.00. The van der Waals surface area contributed by atoms with Crippen LogP contribution in [0, 0.1) is 5.95 Å². The van der Waals surface area contributed by atoms with Crippen molar-refractivity contribution in [3.05, 3.63) is 24.3 Å². The molecule has 4 heteroatoms. The van der Waals surface area contributed by atoms with Crippen LogP contribution < -0.4 is 5.32 Å². The zero-order chi connectivity index (χ0) is 10.8. The highest BCUT2D eigenvalue weighted by atomic mass is 19.1. The molecule has 0 spiro atoms. The lowest BCUT2D eigenvalue weighted by atomic mass is 10.2. The van der Waals surface area contributed by atoms with Gasteiger partial charge in [0, 0.05) is 18.6 Å². The molecule has 2 atom stereocenters. The van der Waals surface area contributed by atoms with Crippen molar-refractivity contribution < 1.29 is 4.39 Å². The summed E-state index contributed by atoms with van der Waals surface area (Å²) in [5, 5.41) is 3.36. The third-order valence-corrected chi connectivity index (χ3v) is 2.98. The second kappa shape index (κ2) is 4.14. The molecule has 1 fully saturated rings. The van der Waals surface area contributed by atoms with Crippen molar-refractivity contribution in [2.24, 2.45) is 0 Å². The van der Waals surface area contributed by atoms with Crippen LogP contribution in [0.3, 0.4) is 0 Å². The van der Waals surface area contributed by atoms with Gasteiger partial charge in [-0.1, -0.05) is 0 Å². The highest BCUT2D eigenvalue weighted by molar-refractivity contribution is 5.41. The Morgan fingerprint density at radius 2 is 2.33 bits per heavy atom. The van der Waals surface area contributed by atoms with Crippen molar-refractivity contribution in [1.82, 2.24) is 9.88 Å². The number of likely N-dealkylation sites (tertiary alicyclic amines) is 1. The highest BCUT2D eigenvalue weighted by Gasteiger charge is 2.25.